The Balaban J connectivity index is 1.35. The quantitative estimate of drug-likeness (QED) is 0.468. The molecule has 8 nitrogen and oxygen atoms in total. The first-order valence-electron chi connectivity index (χ1n) is 10.8. The molecule has 3 aromatic heterocycles. The Labute approximate surface area is 185 Å². The highest BCUT2D eigenvalue weighted by atomic mass is 16.5. The van der Waals surface area contributed by atoms with Gasteiger partial charge in [0, 0.05) is 37.6 Å². The topological polar surface area (TPSA) is 86.0 Å². The fraction of sp³-hybridized carbons (Fsp3) is 0.292. The molecule has 1 aromatic carbocycles. The SMILES string of the molecule is O=C(c1ccccn1)N1CCC[C@@H](c2nn(CCOc3ccccc3)c3nccnc23)C1. The van der Waals surface area contributed by atoms with Crippen molar-refractivity contribution < 1.29 is 9.53 Å². The predicted molar refractivity (Wildman–Crippen MR) is 119 cm³/mol. The lowest BCUT2D eigenvalue weighted by atomic mass is 9.94. The van der Waals surface area contributed by atoms with E-state index in [9.17, 15) is 4.79 Å². The number of nitrogens with zero attached hydrogens (tertiary/aromatic N) is 6. The van der Waals surface area contributed by atoms with Crippen molar-refractivity contribution in [2.75, 3.05) is 19.7 Å². The van der Waals surface area contributed by atoms with Crippen molar-refractivity contribution in [1.29, 1.82) is 0 Å². The predicted octanol–water partition coefficient (Wildman–Crippen LogP) is 3.32. The van der Waals surface area contributed by atoms with E-state index in [1.165, 1.54) is 0 Å². The maximum absolute atomic E-state index is 12.9. The lowest BCUT2D eigenvalue weighted by Gasteiger charge is -2.31. The number of para-hydroxylation sites is 1. The molecule has 1 amide bonds. The molecule has 8 heteroatoms. The monoisotopic (exact) mass is 428 g/mol. The lowest BCUT2D eigenvalue weighted by molar-refractivity contribution is 0.0700. The summed E-state index contributed by atoms with van der Waals surface area (Å²) in [6.45, 7) is 2.36. The highest BCUT2D eigenvalue weighted by Crippen LogP contribution is 2.30. The molecule has 162 valence electrons. The summed E-state index contributed by atoms with van der Waals surface area (Å²) in [4.78, 5) is 28.1. The fourth-order valence-electron chi connectivity index (χ4n) is 4.16. The summed E-state index contributed by atoms with van der Waals surface area (Å²) in [6.07, 6.45) is 6.89. The van der Waals surface area contributed by atoms with Gasteiger partial charge in [-0.25, -0.2) is 14.6 Å². The van der Waals surface area contributed by atoms with Crippen LogP contribution < -0.4 is 4.74 Å². The molecule has 0 N–H and O–H groups in total. The Morgan fingerprint density at radius 2 is 1.84 bits per heavy atom. The number of fused-ring (bicyclic) bond motifs is 1. The van der Waals surface area contributed by atoms with E-state index >= 15 is 0 Å². The zero-order chi connectivity index (χ0) is 21.8. The maximum atomic E-state index is 12.9. The molecule has 0 unspecified atom stereocenters. The van der Waals surface area contributed by atoms with Crippen LogP contribution >= 0.6 is 0 Å². The zero-order valence-electron chi connectivity index (χ0n) is 17.7. The molecule has 4 heterocycles. The van der Waals surface area contributed by atoms with E-state index in [1.54, 1.807) is 24.7 Å². The molecular formula is C24H24N6O2. The van der Waals surface area contributed by atoms with Gasteiger partial charge in [0.1, 0.15) is 23.6 Å². The molecule has 0 radical (unpaired) electrons. The third kappa shape index (κ3) is 4.16. The van der Waals surface area contributed by atoms with Gasteiger partial charge in [-0.15, -0.1) is 0 Å². The summed E-state index contributed by atoms with van der Waals surface area (Å²) in [5.41, 5.74) is 2.91. The van der Waals surface area contributed by atoms with Crippen LogP contribution in [0.25, 0.3) is 11.2 Å². The Bertz CT molecular complexity index is 1200. The number of piperidine rings is 1. The molecule has 4 aromatic rings. The first-order chi connectivity index (χ1) is 15.8. The number of carbonyl (C=O) groups is 1. The van der Waals surface area contributed by atoms with E-state index in [-0.39, 0.29) is 11.8 Å². The molecule has 1 saturated heterocycles. The van der Waals surface area contributed by atoms with Gasteiger partial charge in [-0.1, -0.05) is 24.3 Å². The first-order valence-corrected chi connectivity index (χ1v) is 10.8. The van der Waals surface area contributed by atoms with Crippen LogP contribution in [0.3, 0.4) is 0 Å². The number of rotatable bonds is 6. The zero-order valence-corrected chi connectivity index (χ0v) is 17.7. The molecule has 5 rings (SSSR count). The molecule has 0 saturated carbocycles. The van der Waals surface area contributed by atoms with Crippen LogP contribution in [-0.4, -0.2) is 55.2 Å². The number of carbonyl (C=O) groups excluding carboxylic acids is 1. The number of pyridine rings is 1. The third-order valence-electron chi connectivity index (χ3n) is 5.69. The number of ether oxygens (including phenoxy) is 1. The summed E-state index contributed by atoms with van der Waals surface area (Å²) in [6, 6.07) is 15.1. The Morgan fingerprint density at radius 3 is 2.69 bits per heavy atom. The van der Waals surface area contributed by atoms with Gasteiger partial charge in [0.05, 0.1) is 12.2 Å². The van der Waals surface area contributed by atoms with Crippen molar-refractivity contribution in [3.05, 3.63) is 78.5 Å². The van der Waals surface area contributed by atoms with Crippen molar-refractivity contribution in [1.82, 2.24) is 29.6 Å². The lowest BCUT2D eigenvalue weighted by Crippen LogP contribution is -2.39. The van der Waals surface area contributed by atoms with Crippen molar-refractivity contribution in [2.24, 2.45) is 0 Å². The summed E-state index contributed by atoms with van der Waals surface area (Å²) in [7, 11) is 0. The third-order valence-corrected chi connectivity index (χ3v) is 5.69. The highest BCUT2D eigenvalue weighted by Gasteiger charge is 2.30. The Kier molecular flexibility index (Phi) is 5.74. The standard InChI is InChI=1S/C24H24N6O2/c31-24(20-10-4-5-11-25-20)29-14-6-7-18(17-29)21-22-23(27-13-12-26-22)30(28-21)15-16-32-19-8-2-1-3-9-19/h1-5,8-13,18H,6-7,14-17H2/t18-/m1/s1. The second kappa shape index (κ2) is 9.13. The molecule has 32 heavy (non-hydrogen) atoms. The smallest absolute Gasteiger partial charge is 0.272 e. The first kappa shape index (κ1) is 20.1. The molecule has 0 spiro atoms. The minimum Gasteiger partial charge on any atom is -0.492 e. The minimum atomic E-state index is -0.0404. The van der Waals surface area contributed by atoms with E-state index in [4.69, 9.17) is 9.84 Å². The molecule has 0 aliphatic carbocycles. The van der Waals surface area contributed by atoms with Gasteiger partial charge >= 0.3 is 0 Å². The van der Waals surface area contributed by atoms with Crippen molar-refractivity contribution in [2.45, 2.75) is 25.3 Å². The van der Waals surface area contributed by atoms with Crippen LogP contribution in [0, 0.1) is 0 Å². The second-order valence-corrected chi connectivity index (χ2v) is 7.80. The number of hydrogen-bond donors (Lipinski definition) is 0. The van der Waals surface area contributed by atoms with Crippen LogP contribution in [0.15, 0.2) is 67.1 Å². The van der Waals surface area contributed by atoms with E-state index in [2.05, 4.69) is 15.0 Å². The normalized spacial score (nSPS) is 16.2. The van der Waals surface area contributed by atoms with Crippen LogP contribution in [0.2, 0.25) is 0 Å². The summed E-state index contributed by atoms with van der Waals surface area (Å²) in [5, 5.41) is 4.87. The van der Waals surface area contributed by atoms with Crippen LogP contribution in [0.1, 0.15) is 34.9 Å². The molecular weight excluding hydrogens is 404 g/mol. The average Bonchev–Trinajstić information content (AvgIpc) is 3.24. The summed E-state index contributed by atoms with van der Waals surface area (Å²) >= 11 is 0. The molecule has 1 aliphatic heterocycles. The molecule has 1 atom stereocenters. The van der Waals surface area contributed by atoms with Crippen molar-refractivity contribution >= 4 is 17.1 Å². The minimum absolute atomic E-state index is 0.0404. The number of likely N-dealkylation sites (tertiary alicyclic amines) is 1. The van der Waals surface area contributed by atoms with Gasteiger partial charge in [0.15, 0.2) is 5.65 Å². The summed E-state index contributed by atoms with van der Waals surface area (Å²) in [5.74, 6) is 0.888. The molecule has 1 aliphatic rings. The highest BCUT2D eigenvalue weighted by molar-refractivity contribution is 5.92. The van der Waals surface area contributed by atoms with Gasteiger partial charge in [-0.3, -0.25) is 9.78 Å². The van der Waals surface area contributed by atoms with E-state index < -0.39 is 0 Å². The van der Waals surface area contributed by atoms with E-state index in [1.807, 2.05) is 52.0 Å². The van der Waals surface area contributed by atoms with Crippen LogP contribution in [-0.2, 0) is 6.54 Å². The fourth-order valence-corrected chi connectivity index (χ4v) is 4.16. The van der Waals surface area contributed by atoms with Gasteiger partial charge in [-0.2, -0.15) is 5.10 Å². The number of benzene rings is 1. The van der Waals surface area contributed by atoms with E-state index in [0.717, 1.165) is 42.0 Å². The molecule has 1 fully saturated rings. The number of amides is 1. The van der Waals surface area contributed by atoms with Gasteiger partial charge in [0.25, 0.3) is 5.91 Å². The van der Waals surface area contributed by atoms with Crippen LogP contribution in [0.5, 0.6) is 5.75 Å². The van der Waals surface area contributed by atoms with Crippen molar-refractivity contribution in [3.63, 3.8) is 0 Å². The second-order valence-electron chi connectivity index (χ2n) is 7.80. The van der Waals surface area contributed by atoms with E-state index in [0.29, 0.717) is 25.4 Å². The largest absolute Gasteiger partial charge is 0.492 e. The van der Waals surface area contributed by atoms with Gasteiger partial charge < -0.3 is 9.64 Å². The summed E-state index contributed by atoms with van der Waals surface area (Å²) < 4.78 is 7.70. The van der Waals surface area contributed by atoms with Gasteiger partial charge in [0.2, 0.25) is 0 Å². The van der Waals surface area contributed by atoms with Gasteiger partial charge in [-0.05, 0) is 37.1 Å². The Hall–Kier alpha value is -3.81. The van der Waals surface area contributed by atoms with Crippen molar-refractivity contribution in [3.8, 4) is 5.75 Å². The average molecular weight is 428 g/mol. The number of aromatic nitrogens is 5. The van der Waals surface area contributed by atoms with Crippen LogP contribution in [0.4, 0.5) is 0 Å². The molecule has 0 bridgehead atoms. The Morgan fingerprint density at radius 1 is 1.00 bits per heavy atom. The maximum Gasteiger partial charge on any atom is 0.272 e. The number of hydrogen-bond acceptors (Lipinski definition) is 6.